The Labute approximate surface area is 149 Å². The first-order valence-electron chi connectivity index (χ1n) is 8.90. The molecule has 0 bridgehead atoms. The van der Waals surface area contributed by atoms with Crippen molar-refractivity contribution in [2.45, 2.75) is 32.7 Å². The van der Waals surface area contributed by atoms with Crippen molar-refractivity contribution >= 4 is 22.8 Å². The molecule has 25 heavy (non-hydrogen) atoms. The summed E-state index contributed by atoms with van der Waals surface area (Å²) in [6.45, 7) is 7.59. The molecule has 7 heteroatoms. The molecule has 1 aliphatic rings. The average molecular weight is 344 g/mol. The number of aryl methyl sites for hydroxylation is 2. The van der Waals surface area contributed by atoms with E-state index in [1.54, 1.807) is 7.11 Å². The molecule has 1 aliphatic heterocycles. The van der Waals surface area contributed by atoms with E-state index in [1.807, 2.05) is 6.92 Å². The molecule has 0 atom stereocenters. The zero-order valence-electron chi connectivity index (χ0n) is 15.6. The second kappa shape index (κ2) is 7.93. The molecular formula is C18H28N6O. The number of nitrogens with zero attached hydrogens (tertiary/aromatic N) is 4. The summed E-state index contributed by atoms with van der Waals surface area (Å²) in [6.07, 6.45) is 2.20. The SMILES string of the molecule is COCCNc1nc(NC2CCN(C)CC2)nc2nc(C)cc(C)c12. The zero-order valence-corrected chi connectivity index (χ0v) is 15.6. The molecule has 7 nitrogen and oxygen atoms in total. The minimum Gasteiger partial charge on any atom is -0.383 e. The smallest absolute Gasteiger partial charge is 0.226 e. The summed E-state index contributed by atoms with van der Waals surface area (Å²) in [5.41, 5.74) is 2.84. The fourth-order valence-electron chi connectivity index (χ4n) is 3.28. The second-order valence-electron chi connectivity index (χ2n) is 6.82. The van der Waals surface area contributed by atoms with E-state index in [-0.39, 0.29) is 0 Å². The van der Waals surface area contributed by atoms with Gasteiger partial charge in [0.05, 0.1) is 12.0 Å². The maximum absolute atomic E-state index is 5.14. The van der Waals surface area contributed by atoms with Crippen molar-refractivity contribution < 1.29 is 4.74 Å². The molecule has 3 heterocycles. The number of hydrogen-bond donors (Lipinski definition) is 2. The molecule has 0 unspecified atom stereocenters. The Balaban J connectivity index is 1.90. The van der Waals surface area contributed by atoms with Gasteiger partial charge in [-0.2, -0.15) is 9.97 Å². The predicted octanol–water partition coefficient (Wildman–Crippen LogP) is 2.21. The topological polar surface area (TPSA) is 75.2 Å². The first kappa shape index (κ1) is 17.8. The fraction of sp³-hybridized carbons (Fsp3) is 0.611. The van der Waals surface area contributed by atoms with Gasteiger partial charge in [-0.15, -0.1) is 0 Å². The molecule has 0 aromatic carbocycles. The summed E-state index contributed by atoms with van der Waals surface area (Å²) in [5, 5.41) is 7.85. The first-order valence-corrected chi connectivity index (χ1v) is 8.90. The van der Waals surface area contributed by atoms with Crippen LogP contribution in [-0.2, 0) is 4.74 Å². The van der Waals surface area contributed by atoms with Crippen molar-refractivity contribution in [2.75, 3.05) is 51.0 Å². The average Bonchev–Trinajstić information content (AvgIpc) is 2.56. The molecule has 3 rings (SSSR count). The molecule has 0 amide bonds. The highest BCUT2D eigenvalue weighted by molar-refractivity contribution is 5.90. The summed E-state index contributed by atoms with van der Waals surface area (Å²) in [6, 6.07) is 2.48. The molecule has 2 aromatic rings. The van der Waals surface area contributed by atoms with Crippen LogP contribution >= 0.6 is 0 Å². The Morgan fingerprint density at radius 1 is 1.20 bits per heavy atom. The highest BCUT2D eigenvalue weighted by Gasteiger charge is 2.19. The Morgan fingerprint density at radius 3 is 2.68 bits per heavy atom. The lowest BCUT2D eigenvalue weighted by atomic mass is 10.1. The van der Waals surface area contributed by atoms with Gasteiger partial charge < -0.3 is 20.3 Å². The lowest BCUT2D eigenvalue weighted by Crippen LogP contribution is -2.37. The minimum atomic E-state index is 0.409. The van der Waals surface area contributed by atoms with Crippen molar-refractivity contribution in [3.05, 3.63) is 17.3 Å². The van der Waals surface area contributed by atoms with Gasteiger partial charge in [-0.3, -0.25) is 0 Å². The van der Waals surface area contributed by atoms with Crippen LogP contribution in [0.2, 0.25) is 0 Å². The molecule has 0 aliphatic carbocycles. The Morgan fingerprint density at radius 2 is 1.96 bits per heavy atom. The molecule has 2 N–H and O–H groups in total. The van der Waals surface area contributed by atoms with Gasteiger partial charge in [-0.1, -0.05) is 0 Å². The number of nitrogens with one attached hydrogen (secondary N) is 2. The van der Waals surface area contributed by atoms with Crippen molar-refractivity contribution in [2.24, 2.45) is 0 Å². The van der Waals surface area contributed by atoms with Gasteiger partial charge >= 0.3 is 0 Å². The van der Waals surface area contributed by atoms with Crippen molar-refractivity contribution in [3.63, 3.8) is 0 Å². The third-order valence-electron chi connectivity index (χ3n) is 4.64. The van der Waals surface area contributed by atoms with E-state index in [9.17, 15) is 0 Å². The van der Waals surface area contributed by atoms with Crippen LogP contribution in [0.4, 0.5) is 11.8 Å². The number of rotatable bonds is 6. The van der Waals surface area contributed by atoms with Gasteiger partial charge in [0.15, 0.2) is 5.65 Å². The van der Waals surface area contributed by atoms with Crippen molar-refractivity contribution in [1.82, 2.24) is 19.9 Å². The Hall–Kier alpha value is -1.99. The number of fused-ring (bicyclic) bond motifs is 1. The third-order valence-corrected chi connectivity index (χ3v) is 4.64. The largest absolute Gasteiger partial charge is 0.383 e. The quantitative estimate of drug-likeness (QED) is 0.778. The van der Waals surface area contributed by atoms with Gasteiger partial charge in [0.25, 0.3) is 0 Å². The summed E-state index contributed by atoms with van der Waals surface area (Å²) >= 11 is 0. The number of likely N-dealkylation sites (tertiary alicyclic amines) is 1. The van der Waals surface area contributed by atoms with Crippen LogP contribution in [0.5, 0.6) is 0 Å². The molecule has 1 fully saturated rings. The van der Waals surface area contributed by atoms with Gasteiger partial charge in [0, 0.05) is 25.4 Å². The van der Waals surface area contributed by atoms with E-state index in [2.05, 4.69) is 45.5 Å². The van der Waals surface area contributed by atoms with E-state index in [1.165, 1.54) is 0 Å². The lowest BCUT2D eigenvalue weighted by Gasteiger charge is -2.29. The Bertz CT molecular complexity index is 727. The van der Waals surface area contributed by atoms with Crippen LogP contribution in [0.3, 0.4) is 0 Å². The maximum Gasteiger partial charge on any atom is 0.226 e. The summed E-state index contributed by atoms with van der Waals surface area (Å²) in [5.74, 6) is 1.47. The van der Waals surface area contributed by atoms with E-state index < -0.39 is 0 Å². The number of ether oxygens (including phenoxy) is 1. The van der Waals surface area contributed by atoms with E-state index >= 15 is 0 Å². The van der Waals surface area contributed by atoms with E-state index in [0.717, 1.165) is 54.0 Å². The number of aromatic nitrogens is 3. The van der Waals surface area contributed by atoms with Crippen LogP contribution in [0, 0.1) is 13.8 Å². The fourth-order valence-corrected chi connectivity index (χ4v) is 3.28. The maximum atomic E-state index is 5.14. The predicted molar refractivity (Wildman–Crippen MR) is 101 cm³/mol. The van der Waals surface area contributed by atoms with Crippen LogP contribution < -0.4 is 10.6 Å². The highest BCUT2D eigenvalue weighted by atomic mass is 16.5. The zero-order chi connectivity index (χ0) is 17.8. The van der Waals surface area contributed by atoms with E-state index in [4.69, 9.17) is 9.72 Å². The van der Waals surface area contributed by atoms with Crippen LogP contribution in [-0.4, -0.2) is 66.3 Å². The molecule has 2 aromatic heterocycles. The standard InChI is InChI=1S/C18H28N6O/c1-12-11-13(2)20-17-15(12)16(19-7-10-25-4)22-18(23-17)21-14-5-8-24(3)9-6-14/h11,14H,5-10H2,1-4H3,(H2,19,20,21,22,23). The molecule has 0 radical (unpaired) electrons. The normalized spacial score (nSPS) is 16.3. The van der Waals surface area contributed by atoms with Gasteiger partial charge in [-0.25, -0.2) is 4.98 Å². The third kappa shape index (κ3) is 4.35. The van der Waals surface area contributed by atoms with Gasteiger partial charge in [0.1, 0.15) is 5.82 Å². The second-order valence-corrected chi connectivity index (χ2v) is 6.82. The number of methoxy groups -OCH3 is 1. The van der Waals surface area contributed by atoms with Crippen molar-refractivity contribution in [1.29, 1.82) is 0 Å². The monoisotopic (exact) mass is 344 g/mol. The lowest BCUT2D eigenvalue weighted by molar-refractivity contribution is 0.210. The van der Waals surface area contributed by atoms with Crippen LogP contribution in [0.15, 0.2) is 6.07 Å². The number of hydrogen-bond acceptors (Lipinski definition) is 7. The molecule has 0 spiro atoms. The summed E-state index contributed by atoms with van der Waals surface area (Å²) in [4.78, 5) is 16.4. The number of piperidine rings is 1. The number of pyridine rings is 1. The van der Waals surface area contributed by atoms with Gasteiger partial charge in [0.2, 0.25) is 5.95 Å². The highest BCUT2D eigenvalue weighted by Crippen LogP contribution is 2.25. The summed E-state index contributed by atoms with van der Waals surface area (Å²) in [7, 11) is 3.86. The molecular weight excluding hydrogens is 316 g/mol. The Kier molecular flexibility index (Phi) is 5.65. The first-order chi connectivity index (χ1) is 12.1. The summed E-state index contributed by atoms with van der Waals surface area (Å²) < 4.78 is 5.14. The minimum absolute atomic E-state index is 0.409. The molecule has 136 valence electrons. The van der Waals surface area contributed by atoms with Crippen LogP contribution in [0.25, 0.3) is 11.0 Å². The molecule has 1 saturated heterocycles. The van der Waals surface area contributed by atoms with Crippen molar-refractivity contribution in [3.8, 4) is 0 Å². The van der Waals surface area contributed by atoms with Crippen LogP contribution in [0.1, 0.15) is 24.1 Å². The number of anilines is 2. The molecule has 0 saturated carbocycles. The van der Waals surface area contributed by atoms with Gasteiger partial charge in [-0.05, 0) is 58.5 Å². The van der Waals surface area contributed by atoms with E-state index in [0.29, 0.717) is 25.1 Å².